The maximum atomic E-state index is 4.86. The Morgan fingerprint density at radius 2 is 1.70 bits per heavy atom. The third kappa shape index (κ3) is 1.75. The number of hydrogen-bond donors (Lipinski definition) is 0. The molecule has 4 rings (SSSR count). The molecule has 0 N–H and O–H groups in total. The van der Waals surface area contributed by atoms with Crippen LogP contribution in [0.4, 0.5) is 5.69 Å². The van der Waals surface area contributed by atoms with Crippen LogP contribution in [0.5, 0.6) is 0 Å². The lowest BCUT2D eigenvalue weighted by atomic mass is 10.1. The van der Waals surface area contributed by atoms with Crippen LogP contribution >= 0.6 is 0 Å². The molecule has 3 aromatic rings. The molecule has 20 heavy (non-hydrogen) atoms. The van der Waals surface area contributed by atoms with Crippen molar-refractivity contribution >= 4 is 11.4 Å². The van der Waals surface area contributed by atoms with E-state index in [1.165, 1.54) is 5.56 Å². The van der Waals surface area contributed by atoms with E-state index in [1.54, 1.807) is 0 Å². The molecule has 1 aromatic heterocycles. The van der Waals surface area contributed by atoms with Crippen LogP contribution < -0.4 is 0 Å². The fourth-order valence-corrected chi connectivity index (χ4v) is 2.55. The van der Waals surface area contributed by atoms with Crippen molar-refractivity contribution < 1.29 is 0 Å². The van der Waals surface area contributed by atoms with Crippen LogP contribution in [0.25, 0.3) is 0 Å². The summed E-state index contributed by atoms with van der Waals surface area (Å²) in [4.78, 5) is 9.35. The van der Waals surface area contributed by atoms with E-state index in [0.29, 0.717) is 0 Å². The van der Waals surface area contributed by atoms with Gasteiger partial charge in [0, 0.05) is 18.0 Å². The van der Waals surface area contributed by atoms with Gasteiger partial charge in [0.25, 0.3) is 0 Å². The van der Waals surface area contributed by atoms with E-state index >= 15 is 0 Å². The van der Waals surface area contributed by atoms with Gasteiger partial charge in [-0.2, -0.15) is 0 Å². The summed E-state index contributed by atoms with van der Waals surface area (Å²) >= 11 is 0. The van der Waals surface area contributed by atoms with E-state index in [1.807, 2.05) is 36.7 Å². The Balaban J connectivity index is 1.99. The summed E-state index contributed by atoms with van der Waals surface area (Å²) < 4.78 is 2.15. The monoisotopic (exact) mass is 259 g/mol. The second kappa shape index (κ2) is 4.46. The third-order valence-corrected chi connectivity index (χ3v) is 3.54. The molecule has 0 bridgehead atoms. The number of aliphatic imine (C=N–C) groups is 1. The van der Waals surface area contributed by atoms with Gasteiger partial charge in [0.1, 0.15) is 5.71 Å². The molecule has 0 unspecified atom stereocenters. The van der Waals surface area contributed by atoms with Gasteiger partial charge in [-0.05, 0) is 11.6 Å². The molecule has 0 spiro atoms. The smallest absolute Gasteiger partial charge is 0.159 e. The number of imidazole rings is 1. The number of hydrogen-bond acceptors (Lipinski definition) is 2. The quantitative estimate of drug-likeness (QED) is 0.515. The number of benzene rings is 2. The van der Waals surface area contributed by atoms with Gasteiger partial charge in [-0.1, -0.05) is 48.5 Å². The zero-order chi connectivity index (χ0) is 13.4. The molecule has 0 amide bonds. The SMILES string of the molecule is c1ccc(C2=Nc3ccccc3Cn3ccnc32)cc1. The molecule has 1 aliphatic heterocycles. The molecule has 96 valence electrons. The molecule has 1 aliphatic rings. The average molecular weight is 259 g/mol. The first-order chi connectivity index (χ1) is 9.92. The van der Waals surface area contributed by atoms with Crippen molar-refractivity contribution in [2.75, 3.05) is 0 Å². The highest BCUT2D eigenvalue weighted by Crippen LogP contribution is 2.26. The largest absolute Gasteiger partial charge is 0.325 e. The normalized spacial score (nSPS) is 13.1. The Hall–Kier alpha value is -2.68. The van der Waals surface area contributed by atoms with Gasteiger partial charge in [0.2, 0.25) is 0 Å². The van der Waals surface area contributed by atoms with Crippen LogP contribution in [0.15, 0.2) is 72.0 Å². The Labute approximate surface area is 117 Å². The zero-order valence-electron chi connectivity index (χ0n) is 10.9. The van der Waals surface area contributed by atoms with Crippen molar-refractivity contribution in [3.05, 3.63) is 83.9 Å². The molecular formula is C17H13N3. The van der Waals surface area contributed by atoms with E-state index in [-0.39, 0.29) is 0 Å². The van der Waals surface area contributed by atoms with Crippen molar-refractivity contribution in [3.8, 4) is 0 Å². The lowest BCUT2D eigenvalue weighted by molar-refractivity contribution is 0.794. The summed E-state index contributed by atoms with van der Waals surface area (Å²) in [5.41, 5.74) is 4.27. The van der Waals surface area contributed by atoms with Gasteiger partial charge in [-0.15, -0.1) is 0 Å². The van der Waals surface area contributed by atoms with Gasteiger partial charge in [-0.3, -0.25) is 0 Å². The van der Waals surface area contributed by atoms with Gasteiger partial charge in [0.05, 0.1) is 12.2 Å². The minimum Gasteiger partial charge on any atom is -0.325 e. The van der Waals surface area contributed by atoms with E-state index in [2.05, 4.69) is 39.9 Å². The highest BCUT2D eigenvalue weighted by molar-refractivity contribution is 6.12. The average Bonchev–Trinajstić information content (AvgIpc) is 2.89. The van der Waals surface area contributed by atoms with Crippen LogP contribution in [-0.2, 0) is 6.54 Å². The van der Waals surface area contributed by atoms with Gasteiger partial charge in [0.15, 0.2) is 5.82 Å². The first-order valence-corrected chi connectivity index (χ1v) is 6.65. The fraction of sp³-hybridized carbons (Fsp3) is 0.0588. The predicted molar refractivity (Wildman–Crippen MR) is 79.5 cm³/mol. The van der Waals surface area contributed by atoms with Crippen molar-refractivity contribution in [3.63, 3.8) is 0 Å². The Morgan fingerprint density at radius 3 is 2.60 bits per heavy atom. The highest BCUT2D eigenvalue weighted by Gasteiger charge is 2.18. The van der Waals surface area contributed by atoms with E-state index in [4.69, 9.17) is 4.99 Å². The molecule has 2 aromatic carbocycles. The van der Waals surface area contributed by atoms with E-state index in [0.717, 1.165) is 29.3 Å². The number of fused-ring (bicyclic) bond motifs is 2. The first kappa shape index (κ1) is 11.2. The summed E-state index contributed by atoms with van der Waals surface area (Å²) in [6.45, 7) is 0.811. The molecule has 0 fully saturated rings. The number of rotatable bonds is 1. The molecular weight excluding hydrogens is 246 g/mol. The maximum Gasteiger partial charge on any atom is 0.159 e. The van der Waals surface area contributed by atoms with Crippen LogP contribution in [0.3, 0.4) is 0 Å². The second-order valence-electron chi connectivity index (χ2n) is 4.83. The third-order valence-electron chi connectivity index (χ3n) is 3.54. The molecule has 3 heteroatoms. The van der Waals surface area contributed by atoms with Gasteiger partial charge < -0.3 is 4.57 Å². The molecule has 0 atom stereocenters. The summed E-state index contributed by atoms with van der Waals surface area (Å²) in [7, 11) is 0. The summed E-state index contributed by atoms with van der Waals surface area (Å²) in [5, 5.41) is 0. The second-order valence-corrected chi connectivity index (χ2v) is 4.83. The molecule has 2 heterocycles. The summed E-state index contributed by atoms with van der Waals surface area (Å²) in [5.74, 6) is 0.924. The fourth-order valence-electron chi connectivity index (χ4n) is 2.55. The number of aromatic nitrogens is 2. The molecule has 0 radical (unpaired) electrons. The molecule has 0 saturated heterocycles. The lowest BCUT2D eigenvalue weighted by Crippen LogP contribution is -2.10. The van der Waals surface area contributed by atoms with Crippen LogP contribution in [-0.4, -0.2) is 15.3 Å². The Kier molecular flexibility index (Phi) is 2.49. The Bertz CT molecular complexity index is 785. The Morgan fingerprint density at radius 1 is 0.900 bits per heavy atom. The predicted octanol–water partition coefficient (Wildman–Crippen LogP) is 3.41. The minimum atomic E-state index is 0.811. The van der Waals surface area contributed by atoms with Crippen LogP contribution in [0.2, 0.25) is 0 Å². The van der Waals surface area contributed by atoms with Crippen molar-refractivity contribution in [2.45, 2.75) is 6.54 Å². The number of para-hydroxylation sites is 1. The van der Waals surface area contributed by atoms with Crippen LogP contribution in [0, 0.1) is 0 Å². The number of nitrogens with zero attached hydrogens (tertiary/aromatic N) is 3. The van der Waals surface area contributed by atoms with Gasteiger partial charge in [-0.25, -0.2) is 9.98 Å². The molecule has 3 nitrogen and oxygen atoms in total. The zero-order valence-corrected chi connectivity index (χ0v) is 10.9. The van der Waals surface area contributed by atoms with Crippen molar-refractivity contribution in [2.24, 2.45) is 4.99 Å². The maximum absolute atomic E-state index is 4.86. The lowest BCUT2D eigenvalue weighted by Gasteiger charge is -2.06. The van der Waals surface area contributed by atoms with Crippen molar-refractivity contribution in [1.82, 2.24) is 9.55 Å². The summed E-state index contributed by atoms with van der Waals surface area (Å²) in [6, 6.07) is 18.5. The summed E-state index contributed by atoms with van der Waals surface area (Å²) in [6.07, 6.45) is 3.84. The topological polar surface area (TPSA) is 30.2 Å². The first-order valence-electron chi connectivity index (χ1n) is 6.65. The van der Waals surface area contributed by atoms with E-state index < -0.39 is 0 Å². The highest BCUT2D eigenvalue weighted by atomic mass is 15.1. The standard InChI is InChI=1S/C17H13N3/c1-2-6-13(7-3-1)16-17-18-10-11-20(17)12-14-8-4-5-9-15(14)19-16/h1-11H,12H2. The minimum absolute atomic E-state index is 0.811. The molecule has 0 saturated carbocycles. The van der Waals surface area contributed by atoms with Crippen LogP contribution in [0.1, 0.15) is 17.0 Å². The molecule has 0 aliphatic carbocycles. The van der Waals surface area contributed by atoms with Crippen molar-refractivity contribution in [1.29, 1.82) is 0 Å². The van der Waals surface area contributed by atoms with Gasteiger partial charge >= 0.3 is 0 Å². The van der Waals surface area contributed by atoms with E-state index in [9.17, 15) is 0 Å².